The molecule has 0 aliphatic carbocycles. The molecule has 4 nitrogen and oxygen atoms in total. The van der Waals surface area contributed by atoms with Crippen LogP contribution in [0.5, 0.6) is 5.75 Å². The topological polar surface area (TPSA) is 53.1 Å². The lowest BCUT2D eigenvalue weighted by Crippen LogP contribution is -2.07. The van der Waals surface area contributed by atoms with Crippen LogP contribution in [0.4, 0.5) is 5.69 Å². The smallest absolute Gasteiger partial charge is 0.172 e. The van der Waals surface area contributed by atoms with Crippen molar-refractivity contribution in [3.63, 3.8) is 0 Å². The van der Waals surface area contributed by atoms with Crippen molar-refractivity contribution in [3.8, 4) is 5.75 Å². The minimum Gasteiger partial charge on any atom is -0.489 e. The van der Waals surface area contributed by atoms with E-state index in [2.05, 4.69) is 4.98 Å². The summed E-state index contributed by atoms with van der Waals surface area (Å²) in [6.07, 6.45) is 3.79. The van der Waals surface area contributed by atoms with E-state index in [0.29, 0.717) is 5.69 Å². The molecule has 2 rings (SSSR count). The maximum atomic E-state index is 6.12. The number of hydrogen-bond donors (Lipinski definition) is 1. The summed E-state index contributed by atoms with van der Waals surface area (Å²) in [6, 6.07) is 5.80. The summed E-state index contributed by atoms with van der Waals surface area (Å²) in [5.74, 6) is 0.726. The summed E-state index contributed by atoms with van der Waals surface area (Å²) in [7, 11) is 1.96. The van der Waals surface area contributed by atoms with E-state index in [9.17, 15) is 0 Å². The molecule has 5 heteroatoms. The molecule has 2 N–H and O–H groups in total. The van der Waals surface area contributed by atoms with Crippen molar-refractivity contribution in [1.29, 1.82) is 0 Å². The Labute approximate surface area is 111 Å². The zero-order valence-corrected chi connectivity index (χ0v) is 11.6. The first kappa shape index (κ1) is 12.8. The Hall–Kier alpha value is -1.62. The lowest BCUT2D eigenvalue weighted by atomic mass is 10.3. The van der Waals surface area contributed by atoms with Crippen molar-refractivity contribution in [2.45, 2.75) is 30.0 Å². The number of ether oxygens (including phenoxy) is 1. The van der Waals surface area contributed by atoms with Gasteiger partial charge in [-0.2, -0.15) is 0 Å². The second kappa shape index (κ2) is 5.35. The van der Waals surface area contributed by atoms with E-state index in [1.165, 1.54) is 11.8 Å². The van der Waals surface area contributed by atoms with Crippen LogP contribution in [-0.4, -0.2) is 15.7 Å². The second-order valence-corrected chi connectivity index (χ2v) is 5.27. The summed E-state index contributed by atoms with van der Waals surface area (Å²) < 4.78 is 7.63. The van der Waals surface area contributed by atoms with Crippen LogP contribution >= 0.6 is 11.8 Å². The molecule has 0 aliphatic heterocycles. The molecular formula is C13H17N3OS. The molecule has 0 amide bonds. The highest BCUT2D eigenvalue weighted by Gasteiger charge is 2.10. The number of aromatic nitrogens is 2. The Kier molecular flexibility index (Phi) is 3.81. The largest absolute Gasteiger partial charge is 0.489 e. The number of nitrogen functional groups attached to an aromatic ring is 1. The van der Waals surface area contributed by atoms with Gasteiger partial charge in [0.05, 0.1) is 11.8 Å². The van der Waals surface area contributed by atoms with Crippen LogP contribution in [0.25, 0.3) is 0 Å². The fourth-order valence-electron chi connectivity index (χ4n) is 1.52. The molecule has 1 heterocycles. The molecule has 1 aromatic heterocycles. The Morgan fingerprint density at radius 2 is 2.17 bits per heavy atom. The standard InChI is InChI=1S/C13H17N3OS/c1-9(2)17-10-5-4-6-11(12(10)14)18-13-15-7-8-16(13)3/h4-9H,14H2,1-3H3. The number of anilines is 1. The first-order valence-electron chi connectivity index (χ1n) is 5.78. The number of benzene rings is 1. The van der Waals surface area contributed by atoms with Crippen LogP contribution in [0.1, 0.15) is 13.8 Å². The number of nitrogens with zero attached hydrogens (tertiary/aromatic N) is 2. The van der Waals surface area contributed by atoms with Gasteiger partial charge in [0.2, 0.25) is 0 Å². The number of para-hydroxylation sites is 1. The highest BCUT2D eigenvalue weighted by molar-refractivity contribution is 7.99. The van der Waals surface area contributed by atoms with Gasteiger partial charge in [-0.05, 0) is 37.7 Å². The summed E-state index contributed by atoms with van der Waals surface area (Å²) in [6.45, 7) is 3.97. The average Bonchev–Trinajstić information content (AvgIpc) is 2.70. The van der Waals surface area contributed by atoms with Gasteiger partial charge in [-0.3, -0.25) is 0 Å². The molecule has 0 spiro atoms. The normalized spacial score (nSPS) is 10.9. The van der Waals surface area contributed by atoms with Crippen LogP contribution in [0.3, 0.4) is 0 Å². The fraction of sp³-hybridized carbons (Fsp3) is 0.308. The van der Waals surface area contributed by atoms with Crippen LogP contribution in [0.2, 0.25) is 0 Å². The van der Waals surface area contributed by atoms with Gasteiger partial charge in [-0.15, -0.1) is 0 Å². The summed E-state index contributed by atoms with van der Waals surface area (Å²) >= 11 is 1.54. The van der Waals surface area contributed by atoms with E-state index in [1.807, 2.05) is 49.9 Å². The van der Waals surface area contributed by atoms with Crippen LogP contribution in [-0.2, 0) is 7.05 Å². The Balaban J connectivity index is 2.26. The van der Waals surface area contributed by atoms with Gasteiger partial charge in [0.1, 0.15) is 5.75 Å². The van der Waals surface area contributed by atoms with E-state index in [4.69, 9.17) is 10.5 Å². The first-order valence-corrected chi connectivity index (χ1v) is 6.60. The van der Waals surface area contributed by atoms with Crippen molar-refractivity contribution in [2.75, 3.05) is 5.73 Å². The van der Waals surface area contributed by atoms with E-state index < -0.39 is 0 Å². The quantitative estimate of drug-likeness (QED) is 0.862. The van der Waals surface area contributed by atoms with Gasteiger partial charge in [-0.25, -0.2) is 4.98 Å². The third kappa shape index (κ3) is 2.79. The molecule has 0 bridgehead atoms. The first-order chi connectivity index (χ1) is 8.58. The van der Waals surface area contributed by atoms with Crippen LogP contribution < -0.4 is 10.5 Å². The van der Waals surface area contributed by atoms with Crippen LogP contribution in [0, 0.1) is 0 Å². The maximum absolute atomic E-state index is 6.12. The molecule has 96 valence electrons. The Bertz CT molecular complexity index is 537. The zero-order valence-electron chi connectivity index (χ0n) is 10.8. The SMILES string of the molecule is CC(C)Oc1cccc(Sc2nccn2C)c1N. The molecule has 18 heavy (non-hydrogen) atoms. The molecular weight excluding hydrogens is 246 g/mol. The third-order valence-corrected chi connectivity index (χ3v) is 3.52. The van der Waals surface area contributed by atoms with E-state index in [-0.39, 0.29) is 6.10 Å². The lowest BCUT2D eigenvalue weighted by Gasteiger charge is -2.14. The third-order valence-electron chi connectivity index (χ3n) is 2.37. The van der Waals surface area contributed by atoms with E-state index >= 15 is 0 Å². The second-order valence-electron chi connectivity index (χ2n) is 4.26. The van der Waals surface area contributed by atoms with Crippen molar-refractivity contribution in [3.05, 3.63) is 30.6 Å². The molecule has 2 aromatic rings. The molecule has 0 atom stereocenters. The minimum absolute atomic E-state index is 0.112. The number of aryl methyl sites for hydroxylation is 1. The van der Waals surface area contributed by atoms with Crippen molar-refractivity contribution < 1.29 is 4.74 Å². The van der Waals surface area contributed by atoms with Gasteiger partial charge in [0.15, 0.2) is 5.16 Å². The predicted molar refractivity (Wildman–Crippen MR) is 73.9 cm³/mol. The number of rotatable bonds is 4. The van der Waals surface area contributed by atoms with E-state index in [0.717, 1.165) is 15.8 Å². The number of nitrogens with two attached hydrogens (primary N) is 1. The van der Waals surface area contributed by atoms with Crippen molar-refractivity contribution in [2.24, 2.45) is 7.05 Å². The van der Waals surface area contributed by atoms with Gasteiger partial charge >= 0.3 is 0 Å². The molecule has 1 aromatic carbocycles. The number of hydrogen-bond acceptors (Lipinski definition) is 4. The molecule has 0 unspecified atom stereocenters. The van der Waals surface area contributed by atoms with Crippen LogP contribution in [0.15, 0.2) is 40.6 Å². The van der Waals surface area contributed by atoms with Crippen molar-refractivity contribution >= 4 is 17.4 Å². The lowest BCUT2D eigenvalue weighted by molar-refractivity contribution is 0.243. The fourth-order valence-corrected chi connectivity index (χ4v) is 2.39. The summed E-state index contributed by atoms with van der Waals surface area (Å²) in [4.78, 5) is 5.23. The minimum atomic E-state index is 0.112. The summed E-state index contributed by atoms with van der Waals surface area (Å²) in [5.41, 5.74) is 6.78. The zero-order chi connectivity index (χ0) is 13.1. The molecule has 0 saturated carbocycles. The van der Waals surface area contributed by atoms with Gasteiger partial charge in [-0.1, -0.05) is 6.07 Å². The molecule has 0 fully saturated rings. The molecule has 0 saturated heterocycles. The Morgan fingerprint density at radius 3 is 2.78 bits per heavy atom. The summed E-state index contributed by atoms with van der Waals surface area (Å²) in [5, 5.41) is 0.906. The van der Waals surface area contributed by atoms with Gasteiger partial charge in [0, 0.05) is 24.3 Å². The van der Waals surface area contributed by atoms with Gasteiger partial charge in [0.25, 0.3) is 0 Å². The predicted octanol–water partition coefficient (Wildman–Crippen LogP) is 2.94. The van der Waals surface area contributed by atoms with E-state index in [1.54, 1.807) is 6.20 Å². The monoisotopic (exact) mass is 263 g/mol. The van der Waals surface area contributed by atoms with Crippen molar-refractivity contribution in [1.82, 2.24) is 9.55 Å². The maximum Gasteiger partial charge on any atom is 0.172 e. The van der Waals surface area contributed by atoms with Gasteiger partial charge < -0.3 is 15.0 Å². The molecule has 0 aliphatic rings. The average molecular weight is 263 g/mol. The highest BCUT2D eigenvalue weighted by Crippen LogP contribution is 2.36. The highest BCUT2D eigenvalue weighted by atomic mass is 32.2. The number of imidazole rings is 1. The molecule has 0 radical (unpaired) electrons. The Morgan fingerprint density at radius 1 is 1.39 bits per heavy atom.